The van der Waals surface area contributed by atoms with Crippen LogP contribution in [-0.2, 0) is 23.0 Å². The van der Waals surface area contributed by atoms with Crippen molar-refractivity contribution in [2.45, 2.75) is 57.6 Å². The predicted molar refractivity (Wildman–Crippen MR) is 113 cm³/mol. The maximum Gasteiger partial charge on any atom is 0.223 e. The summed E-state index contributed by atoms with van der Waals surface area (Å²) in [6.45, 7) is 5.79. The average Bonchev–Trinajstić information content (AvgIpc) is 3.33. The Morgan fingerprint density at radius 2 is 2.07 bits per heavy atom. The van der Waals surface area contributed by atoms with Crippen molar-refractivity contribution >= 4 is 5.91 Å². The number of aromatic nitrogens is 2. The second-order valence-corrected chi connectivity index (χ2v) is 9.21. The molecule has 0 aliphatic carbocycles. The molecule has 2 aliphatic heterocycles. The number of carbonyl (C=O) groups excluding carboxylic acids is 1. The number of hydrogen-bond acceptors (Lipinski definition) is 3. The molecule has 2 saturated heterocycles. The number of carbonyl (C=O) groups is 1. The number of hydrogen-bond donors (Lipinski definition) is 0. The lowest BCUT2D eigenvalue weighted by Gasteiger charge is -2.48. The Kier molecular flexibility index (Phi) is 5.96. The Balaban J connectivity index is 1.49. The molecule has 3 heterocycles. The van der Waals surface area contributed by atoms with Crippen molar-refractivity contribution in [3.8, 4) is 0 Å². The van der Waals surface area contributed by atoms with E-state index < -0.39 is 0 Å². The summed E-state index contributed by atoms with van der Waals surface area (Å²) in [7, 11) is 1.91. The highest BCUT2D eigenvalue weighted by Gasteiger charge is 2.50. The summed E-state index contributed by atoms with van der Waals surface area (Å²) in [5.74, 6) is 0.673. The molecular weight excluding hydrogens is 381 g/mol. The van der Waals surface area contributed by atoms with Gasteiger partial charge in [0.1, 0.15) is 5.82 Å². The fourth-order valence-electron chi connectivity index (χ4n) is 5.26. The third kappa shape index (κ3) is 4.02. The van der Waals surface area contributed by atoms with Crippen molar-refractivity contribution in [1.82, 2.24) is 14.7 Å². The Bertz CT molecular complexity index is 879. The third-order valence-corrected chi connectivity index (χ3v) is 7.01. The van der Waals surface area contributed by atoms with E-state index in [0.29, 0.717) is 25.4 Å². The molecule has 0 unspecified atom stereocenters. The van der Waals surface area contributed by atoms with Gasteiger partial charge in [0.05, 0.1) is 18.2 Å². The van der Waals surface area contributed by atoms with Gasteiger partial charge in [0.25, 0.3) is 0 Å². The molecule has 4 rings (SSSR count). The van der Waals surface area contributed by atoms with Gasteiger partial charge in [-0.3, -0.25) is 9.48 Å². The summed E-state index contributed by atoms with van der Waals surface area (Å²) in [6.07, 6.45) is 5.86. The van der Waals surface area contributed by atoms with Crippen molar-refractivity contribution in [2.24, 2.45) is 18.9 Å². The first kappa shape index (κ1) is 21.0. The van der Waals surface area contributed by atoms with Gasteiger partial charge in [-0.2, -0.15) is 5.10 Å². The molecule has 1 aromatic carbocycles. The topological polar surface area (TPSA) is 47.4 Å². The first-order valence-corrected chi connectivity index (χ1v) is 11.0. The minimum Gasteiger partial charge on any atom is -0.371 e. The van der Waals surface area contributed by atoms with Crippen LogP contribution in [0, 0.1) is 17.7 Å². The van der Waals surface area contributed by atoms with Crippen LogP contribution in [0.15, 0.2) is 36.5 Å². The summed E-state index contributed by atoms with van der Waals surface area (Å²) < 4.78 is 21.7. The quantitative estimate of drug-likeness (QED) is 0.735. The molecule has 0 bridgehead atoms. The highest BCUT2D eigenvalue weighted by molar-refractivity contribution is 5.77. The lowest BCUT2D eigenvalue weighted by atomic mass is 9.73. The second kappa shape index (κ2) is 8.50. The Morgan fingerprint density at radius 1 is 1.30 bits per heavy atom. The molecule has 1 aromatic heterocycles. The molecule has 3 atom stereocenters. The highest BCUT2D eigenvalue weighted by atomic mass is 19.1. The fourth-order valence-corrected chi connectivity index (χ4v) is 5.26. The van der Waals surface area contributed by atoms with Crippen LogP contribution < -0.4 is 0 Å². The monoisotopic (exact) mass is 413 g/mol. The summed E-state index contributed by atoms with van der Waals surface area (Å²) in [5, 5.41) is 4.20. The molecule has 0 N–H and O–H groups in total. The molecule has 1 spiro atoms. The number of rotatable bonds is 5. The average molecular weight is 414 g/mol. The fraction of sp³-hybridized carbons (Fsp3) is 0.583. The van der Waals surface area contributed by atoms with Crippen LogP contribution in [0.1, 0.15) is 56.9 Å². The minimum atomic E-state index is -0.229. The van der Waals surface area contributed by atoms with E-state index in [1.807, 2.05) is 29.9 Å². The van der Waals surface area contributed by atoms with Crippen LogP contribution in [0.5, 0.6) is 0 Å². The van der Waals surface area contributed by atoms with Gasteiger partial charge in [-0.15, -0.1) is 0 Å². The van der Waals surface area contributed by atoms with E-state index in [2.05, 4.69) is 23.8 Å². The van der Waals surface area contributed by atoms with Gasteiger partial charge in [-0.05, 0) is 61.3 Å². The maximum atomic E-state index is 13.4. The summed E-state index contributed by atoms with van der Waals surface area (Å²) in [5.41, 5.74) is 1.89. The van der Waals surface area contributed by atoms with Crippen molar-refractivity contribution < 1.29 is 13.9 Å². The number of likely N-dealkylation sites (tertiary alicyclic amines) is 1. The lowest BCUT2D eigenvalue weighted by Crippen LogP contribution is -2.55. The Hall–Kier alpha value is -2.21. The normalized spacial score (nSPS) is 26.6. The first-order chi connectivity index (χ1) is 14.4. The molecule has 2 aromatic rings. The van der Waals surface area contributed by atoms with E-state index in [4.69, 9.17) is 4.74 Å². The number of aryl methyl sites for hydroxylation is 2. The standard InChI is InChI=1S/C24H32FN3O2/c1-17(2)21-15-24(16-30-23(21)18-5-7-19(25)8-6-18)12-4-14-28(24)22(29)10-9-20-11-13-26-27(20)3/h5-8,11,13,17,21,23H,4,9-10,12,14-16H2,1-3H3/t21-,23-,24-/m0/s1. The molecule has 1 amide bonds. The minimum absolute atomic E-state index is 0.0526. The summed E-state index contributed by atoms with van der Waals surface area (Å²) in [6, 6.07) is 8.64. The molecule has 0 radical (unpaired) electrons. The van der Waals surface area contributed by atoms with Crippen molar-refractivity contribution in [2.75, 3.05) is 13.2 Å². The molecule has 2 aliphatic rings. The van der Waals surface area contributed by atoms with Crippen LogP contribution >= 0.6 is 0 Å². The van der Waals surface area contributed by atoms with Gasteiger partial charge in [0.15, 0.2) is 0 Å². The lowest BCUT2D eigenvalue weighted by molar-refractivity contribution is -0.153. The van der Waals surface area contributed by atoms with Crippen LogP contribution in [0.2, 0.25) is 0 Å². The van der Waals surface area contributed by atoms with Crippen molar-refractivity contribution in [1.29, 1.82) is 0 Å². The number of halogens is 1. The van der Waals surface area contributed by atoms with E-state index in [1.165, 1.54) is 12.1 Å². The van der Waals surface area contributed by atoms with E-state index in [9.17, 15) is 9.18 Å². The highest BCUT2D eigenvalue weighted by Crippen LogP contribution is 2.47. The zero-order valence-corrected chi connectivity index (χ0v) is 18.2. The maximum absolute atomic E-state index is 13.4. The third-order valence-electron chi connectivity index (χ3n) is 7.01. The molecule has 30 heavy (non-hydrogen) atoms. The first-order valence-electron chi connectivity index (χ1n) is 11.0. The SMILES string of the molecule is CC(C)[C@@H]1C[C@@]2(CCCN2C(=O)CCc2ccnn2C)CO[C@H]1c1ccc(F)cc1. The van der Waals surface area contributed by atoms with Gasteiger partial charge >= 0.3 is 0 Å². The van der Waals surface area contributed by atoms with Crippen molar-refractivity contribution in [3.63, 3.8) is 0 Å². The van der Waals surface area contributed by atoms with Crippen LogP contribution in [0.25, 0.3) is 0 Å². The van der Waals surface area contributed by atoms with Crippen molar-refractivity contribution in [3.05, 3.63) is 53.6 Å². The van der Waals surface area contributed by atoms with Gasteiger partial charge in [0, 0.05) is 31.9 Å². The molecule has 162 valence electrons. The van der Waals surface area contributed by atoms with E-state index >= 15 is 0 Å². The zero-order chi connectivity index (χ0) is 21.3. The van der Waals surface area contributed by atoms with E-state index in [0.717, 1.165) is 37.1 Å². The van der Waals surface area contributed by atoms with E-state index in [1.54, 1.807) is 6.20 Å². The van der Waals surface area contributed by atoms with Gasteiger partial charge < -0.3 is 9.64 Å². The smallest absolute Gasteiger partial charge is 0.223 e. The van der Waals surface area contributed by atoms with Gasteiger partial charge in [-0.25, -0.2) is 4.39 Å². The summed E-state index contributed by atoms with van der Waals surface area (Å²) in [4.78, 5) is 15.3. The van der Waals surface area contributed by atoms with Gasteiger partial charge in [-0.1, -0.05) is 26.0 Å². The van der Waals surface area contributed by atoms with Crippen LogP contribution in [0.4, 0.5) is 4.39 Å². The number of amides is 1. The van der Waals surface area contributed by atoms with Crippen LogP contribution in [-0.4, -0.2) is 39.3 Å². The molecule has 0 saturated carbocycles. The Morgan fingerprint density at radius 3 is 2.73 bits per heavy atom. The Labute approximate surface area is 178 Å². The predicted octanol–water partition coefficient (Wildman–Crippen LogP) is 4.29. The largest absolute Gasteiger partial charge is 0.371 e. The molecular formula is C24H32FN3O2. The second-order valence-electron chi connectivity index (χ2n) is 9.21. The number of nitrogens with zero attached hydrogens (tertiary/aromatic N) is 3. The number of benzene rings is 1. The molecule has 6 heteroatoms. The zero-order valence-electron chi connectivity index (χ0n) is 18.2. The molecule has 5 nitrogen and oxygen atoms in total. The molecule has 2 fully saturated rings. The van der Waals surface area contributed by atoms with Gasteiger partial charge in [0.2, 0.25) is 5.91 Å². The number of ether oxygens (including phenoxy) is 1. The summed E-state index contributed by atoms with van der Waals surface area (Å²) >= 11 is 0. The van der Waals surface area contributed by atoms with Crippen LogP contribution in [0.3, 0.4) is 0 Å². The van der Waals surface area contributed by atoms with E-state index in [-0.39, 0.29) is 29.3 Å².